The first kappa shape index (κ1) is 23.8. The summed E-state index contributed by atoms with van der Waals surface area (Å²) in [6.45, 7) is 0. The number of nitrogens with one attached hydrogen (secondary N) is 1. The average molecular weight is 473 g/mol. The van der Waals surface area contributed by atoms with Crippen molar-refractivity contribution in [3.05, 3.63) is 68.7 Å². The molecule has 0 aliphatic carbocycles. The van der Waals surface area contributed by atoms with E-state index in [0.29, 0.717) is 0 Å². The fraction of sp³-hybridized carbons (Fsp3) is 0.222. The third-order valence-corrected chi connectivity index (χ3v) is 4.68. The maximum absolute atomic E-state index is 13.0. The third-order valence-electron chi connectivity index (χ3n) is 3.97. The molecule has 1 atom stereocenters. The molecule has 0 fully saturated rings. The van der Waals surface area contributed by atoms with Crippen LogP contribution in [0, 0.1) is 0 Å². The van der Waals surface area contributed by atoms with E-state index < -0.39 is 46.9 Å². The van der Waals surface area contributed by atoms with Crippen molar-refractivity contribution in [1.82, 2.24) is 5.32 Å². The van der Waals surface area contributed by atoms with Crippen molar-refractivity contribution in [3.8, 4) is 0 Å². The molecular formula is C18H12Cl2F6N2O2. The molecule has 0 heterocycles. The van der Waals surface area contributed by atoms with Gasteiger partial charge in [-0.2, -0.15) is 26.3 Å². The van der Waals surface area contributed by atoms with Crippen molar-refractivity contribution in [2.45, 2.75) is 24.8 Å². The molecular weight excluding hydrogens is 461 g/mol. The quantitative estimate of drug-likeness (QED) is 0.610. The molecule has 30 heavy (non-hydrogen) atoms. The minimum atomic E-state index is -5.13. The van der Waals surface area contributed by atoms with Gasteiger partial charge >= 0.3 is 12.4 Å². The minimum absolute atomic E-state index is 0.119. The fourth-order valence-electron chi connectivity index (χ4n) is 2.48. The second-order valence-corrected chi connectivity index (χ2v) is 6.94. The largest absolute Gasteiger partial charge is 0.416 e. The Morgan fingerprint density at radius 2 is 1.40 bits per heavy atom. The van der Waals surface area contributed by atoms with Crippen LogP contribution in [-0.2, 0) is 23.6 Å². The molecule has 0 aromatic heterocycles. The van der Waals surface area contributed by atoms with Crippen LogP contribution in [0.5, 0.6) is 0 Å². The van der Waals surface area contributed by atoms with E-state index in [1.54, 1.807) is 0 Å². The Kier molecular flexibility index (Phi) is 6.93. The summed E-state index contributed by atoms with van der Waals surface area (Å²) in [5.41, 5.74) is 1.12. The highest BCUT2D eigenvalue weighted by molar-refractivity contribution is 6.36. The molecule has 0 aliphatic heterocycles. The molecule has 4 nitrogen and oxygen atoms in total. The standard InChI is InChI=1S/C18H12Cl2F6N2O2/c19-12-2-1-3-13(20)11(12)7-14(15(27)29)28-16(30)8-4-9(17(21,22)23)6-10(5-8)18(24,25)26/h1-6,14H,7H2,(H2,27,29)(H,28,30)/t14-/m1/s1. The molecule has 2 amide bonds. The van der Waals surface area contributed by atoms with Gasteiger partial charge in [-0.05, 0) is 35.9 Å². The number of amides is 2. The molecule has 0 saturated heterocycles. The van der Waals surface area contributed by atoms with Crippen molar-refractivity contribution < 1.29 is 35.9 Å². The molecule has 0 aliphatic rings. The number of alkyl halides is 6. The molecule has 3 N–H and O–H groups in total. The molecule has 0 saturated carbocycles. The Labute approximate surface area is 175 Å². The average Bonchev–Trinajstić information content (AvgIpc) is 2.61. The number of nitrogens with two attached hydrogens (primary N) is 1. The number of primary amides is 1. The molecule has 2 aromatic carbocycles. The Hall–Kier alpha value is -2.46. The number of carbonyl (C=O) groups excluding carboxylic acids is 2. The summed E-state index contributed by atoms with van der Waals surface area (Å²) >= 11 is 11.9. The van der Waals surface area contributed by atoms with Crippen molar-refractivity contribution in [3.63, 3.8) is 0 Å². The molecule has 0 bridgehead atoms. The molecule has 2 rings (SSSR count). The minimum Gasteiger partial charge on any atom is -0.368 e. The number of benzene rings is 2. The molecule has 12 heteroatoms. The first-order chi connectivity index (χ1) is 13.7. The number of carbonyl (C=O) groups is 2. The maximum Gasteiger partial charge on any atom is 0.416 e. The normalized spacial score (nSPS) is 13.1. The number of halogens is 8. The van der Waals surface area contributed by atoms with Crippen molar-refractivity contribution in [2.75, 3.05) is 0 Å². The number of rotatable bonds is 5. The van der Waals surface area contributed by atoms with Crippen LogP contribution < -0.4 is 11.1 Å². The predicted molar refractivity (Wildman–Crippen MR) is 97.1 cm³/mol. The van der Waals surface area contributed by atoms with E-state index in [1.807, 2.05) is 5.32 Å². The van der Waals surface area contributed by atoms with Gasteiger partial charge < -0.3 is 11.1 Å². The summed E-state index contributed by atoms with van der Waals surface area (Å²) in [6, 6.07) is 3.24. The lowest BCUT2D eigenvalue weighted by Gasteiger charge is -2.18. The van der Waals surface area contributed by atoms with Crippen molar-refractivity contribution in [2.24, 2.45) is 5.73 Å². The van der Waals surface area contributed by atoms with E-state index in [1.165, 1.54) is 18.2 Å². The van der Waals surface area contributed by atoms with Gasteiger partial charge in [0.15, 0.2) is 0 Å². The zero-order chi connectivity index (χ0) is 22.9. The molecule has 162 valence electrons. The Balaban J connectivity index is 2.39. The van der Waals surface area contributed by atoms with E-state index in [4.69, 9.17) is 28.9 Å². The summed E-state index contributed by atoms with van der Waals surface area (Å²) in [5.74, 6) is -2.46. The number of hydrogen-bond acceptors (Lipinski definition) is 2. The van der Waals surface area contributed by atoms with Crippen molar-refractivity contribution in [1.29, 1.82) is 0 Å². The van der Waals surface area contributed by atoms with Gasteiger partial charge in [0.25, 0.3) is 5.91 Å². The molecule has 0 spiro atoms. The SMILES string of the molecule is NC(=O)[C@@H](Cc1c(Cl)cccc1Cl)NC(=O)c1cc(C(F)(F)F)cc(C(F)(F)F)c1. The van der Waals surface area contributed by atoms with E-state index >= 15 is 0 Å². The monoisotopic (exact) mass is 472 g/mol. The topological polar surface area (TPSA) is 72.2 Å². The zero-order valence-corrected chi connectivity index (χ0v) is 16.2. The summed E-state index contributed by atoms with van der Waals surface area (Å²) in [7, 11) is 0. The lowest BCUT2D eigenvalue weighted by atomic mass is 10.0. The van der Waals surface area contributed by atoms with E-state index in [0.717, 1.165) is 0 Å². The van der Waals surface area contributed by atoms with Gasteiger partial charge in [-0.3, -0.25) is 9.59 Å². The summed E-state index contributed by atoms with van der Waals surface area (Å²) in [6.07, 6.45) is -10.6. The Morgan fingerprint density at radius 3 is 1.80 bits per heavy atom. The highest BCUT2D eigenvalue weighted by Gasteiger charge is 2.37. The van der Waals surface area contributed by atoms with Gasteiger partial charge in [0.05, 0.1) is 11.1 Å². The molecule has 2 aromatic rings. The maximum atomic E-state index is 13.0. The van der Waals surface area contributed by atoms with Crippen LogP contribution in [0.1, 0.15) is 27.0 Å². The smallest absolute Gasteiger partial charge is 0.368 e. The van der Waals surface area contributed by atoms with Crippen LogP contribution in [0.25, 0.3) is 0 Å². The highest BCUT2D eigenvalue weighted by Crippen LogP contribution is 2.36. The van der Waals surface area contributed by atoms with Gasteiger partial charge in [-0.1, -0.05) is 29.3 Å². The van der Waals surface area contributed by atoms with Gasteiger partial charge in [0, 0.05) is 22.0 Å². The van der Waals surface area contributed by atoms with Crippen LogP contribution in [0.3, 0.4) is 0 Å². The van der Waals surface area contributed by atoms with Crippen LogP contribution in [0.4, 0.5) is 26.3 Å². The van der Waals surface area contributed by atoms with E-state index in [2.05, 4.69) is 0 Å². The van der Waals surface area contributed by atoms with Gasteiger partial charge in [-0.15, -0.1) is 0 Å². The molecule has 0 radical (unpaired) electrons. The predicted octanol–water partition coefficient (Wildman–Crippen LogP) is 4.86. The van der Waals surface area contributed by atoms with Crippen LogP contribution in [0.15, 0.2) is 36.4 Å². The van der Waals surface area contributed by atoms with Crippen LogP contribution >= 0.6 is 23.2 Å². The van der Waals surface area contributed by atoms with Crippen LogP contribution in [0.2, 0.25) is 10.0 Å². The lowest BCUT2D eigenvalue weighted by molar-refractivity contribution is -0.143. The van der Waals surface area contributed by atoms with E-state index in [-0.39, 0.29) is 40.2 Å². The zero-order valence-electron chi connectivity index (χ0n) is 14.7. The summed E-state index contributed by atoms with van der Waals surface area (Å²) in [4.78, 5) is 24.1. The summed E-state index contributed by atoms with van der Waals surface area (Å²) < 4.78 is 77.8. The Bertz CT molecular complexity index is 924. The van der Waals surface area contributed by atoms with Crippen molar-refractivity contribution >= 4 is 35.0 Å². The fourth-order valence-corrected chi connectivity index (χ4v) is 3.03. The second kappa shape index (κ2) is 8.73. The number of hydrogen-bond donors (Lipinski definition) is 2. The first-order valence-electron chi connectivity index (χ1n) is 8.02. The van der Waals surface area contributed by atoms with Gasteiger partial charge in [-0.25, -0.2) is 0 Å². The van der Waals surface area contributed by atoms with Gasteiger partial charge in [0.1, 0.15) is 6.04 Å². The Morgan fingerprint density at radius 1 is 0.933 bits per heavy atom. The molecule has 0 unspecified atom stereocenters. The van der Waals surface area contributed by atoms with E-state index in [9.17, 15) is 35.9 Å². The second-order valence-electron chi connectivity index (χ2n) is 6.13. The third kappa shape index (κ3) is 5.79. The van der Waals surface area contributed by atoms with Crippen LogP contribution in [-0.4, -0.2) is 17.9 Å². The summed E-state index contributed by atoms with van der Waals surface area (Å²) in [5, 5.41) is 2.28. The lowest BCUT2D eigenvalue weighted by Crippen LogP contribution is -2.46. The highest BCUT2D eigenvalue weighted by atomic mass is 35.5. The first-order valence-corrected chi connectivity index (χ1v) is 8.78. The van der Waals surface area contributed by atoms with Gasteiger partial charge in [0.2, 0.25) is 5.91 Å².